The lowest BCUT2D eigenvalue weighted by Gasteiger charge is -2.26. The zero-order chi connectivity index (χ0) is 11.6. The van der Waals surface area contributed by atoms with Gasteiger partial charge in [0.15, 0.2) is 0 Å². The first kappa shape index (κ1) is 12.6. The summed E-state index contributed by atoms with van der Waals surface area (Å²) in [6.45, 7) is 5.83. The highest BCUT2D eigenvalue weighted by Crippen LogP contribution is 2.37. The quantitative estimate of drug-likeness (QED) is 0.847. The van der Waals surface area contributed by atoms with Gasteiger partial charge in [0.25, 0.3) is 0 Å². The van der Waals surface area contributed by atoms with Gasteiger partial charge in [-0.15, -0.1) is 11.3 Å². The maximum atomic E-state index is 3.69. The lowest BCUT2D eigenvalue weighted by molar-refractivity contribution is 0.302. The van der Waals surface area contributed by atoms with Crippen molar-refractivity contribution in [2.45, 2.75) is 45.6 Å². The van der Waals surface area contributed by atoms with E-state index in [2.05, 4.69) is 46.5 Å². The molecule has 0 radical (unpaired) electrons. The summed E-state index contributed by atoms with van der Waals surface area (Å²) in [4.78, 5) is 1.42. The Balaban J connectivity index is 1.88. The minimum Gasteiger partial charge on any atom is -0.309 e. The number of hydrogen-bond donors (Lipinski definition) is 1. The van der Waals surface area contributed by atoms with Crippen LogP contribution in [0.2, 0.25) is 0 Å². The highest BCUT2D eigenvalue weighted by atomic mass is 79.9. The molecule has 1 unspecified atom stereocenters. The zero-order valence-corrected chi connectivity index (χ0v) is 12.5. The summed E-state index contributed by atoms with van der Waals surface area (Å²) in [5, 5.41) is 5.84. The monoisotopic (exact) mass is 301 g/mol. The molecule has 0 aromatic carbocycles. The van der Waals surface area contributed by atoms with Gasteiger partial charge in [0, 0.05) is 21.9 Å². The van der Waals surface area contributed by atoms with Gasteiger partial charge in [-0.3, -0.25) is 0 Å². The topological polar surface area (TPSA) is 12.0 Å². The Bertz CT molecular complexity index is 341. The summed E-state index contributed by atoms with van der Waals surface area (Å²) in [6, 6.07) is 2.60. The molecule has 1 aliphatic rings. The van der Waals surface area contributed by atoms with Crippen molar-refractivity contribution < 1.29 is 0 Å². The van der Waals surface area contributed by atoms with Crippen molar-refractivity contribution in [2.24, 2.45) is 5.41 Å². The van der Waals surface area contributed by atoms with E-state index in [1.54, 1.807) is 0 Å². The summed E-state index contributed by atoms with van der Waals surface area (Å²) in [7, 11) is 0. The van der Waals surface area contributed by atoms with Gasteiger partial charge >= 0.3 is 0 Å². The van der Waals surface area contributed by atoms with Gasteiger partial charge in [0.2, 0.25) is 0 Å². The fraction of sp³-hybridized carbons (Fsp3) is 0.692. The molecule has 1 heterocycles. The molecule has 1 N–H and O–H groups in total. The second-order valence-electron chi connectivity index (χ2n) is 5.25. The molecule has 1 aromatic heterocycles. The van der Waals surface area contributed by atoms with Crippen LogP contribution in [0.25, 0.3) is 0 Å². The van der Waals surface area contributed by atoms with E-state index in [0.717, 1.165) is 6.54 Å². The molecule has 2 rings (SSSR count). The van der Waals surface area contributed by atoms with Crippen LogP contribution in [-0.4, -0.2) is 6.54 Å². The van der Waals surface area contributed by atoms with Gasteiger partial charge in [-0.1, -0.05) is 19.8 Å². The van der Waals surface area contributed by atoms with Crippen LogP contribution in [0.15, 0.2) is 15.9 Å². The lowest BCUT2D eigenvalue weighted by atomic mass is 9.88. The Morgan fingerprint density at radius 2 is 2.19 bits per heavy atom. The third kappa shape index (κ3) is 2.88. The zero-order valence-electron chi connectivity index (χ0n) is 10.1. The minimum atomic E-state index is 0.465. The van der Waals surface area contributed by atoms with E-state index in [4.69, 9.17) is 0 Å². The van der Waals surface area contributed by atoms with E-state index in [1.807, 2.05) is 11.3 Å². The highest BCUT2D eigenvalue weighted by Gasteiger charge is 2.28. The van der Waals surface area contributed by atoms with E-state index in [1.165, 1.54) is 35.0 Å². The molecule has 3 heteroatoms. The average Bonchev–Trinajstić information content (AvgIpc) is 2.85. The SMILES string of the molecule is CC(NCC1(C)CCCC1)c1sccc1Br. The number of rotatable bonds is 4. The standard InChI is InChI=1S/C13H20BrNS/c1-10(12-11(14)5-8-16-12)15-9-13(2)6-3-4-7-13/h5,8,10,15H,3-4,6-7,9H2,1-2H3. The van der Waals surface area contributed by atoms with Gasteiger partial charge in [0.05, 0.1) is 0 Å². The molecule has 0 bridgehead atoms. The van der Waals surface area contributed by atoms with Crippen LogP contribution in [0.4, 0.5) is 0 Å². The first-order chi connectivity index (χ1) is 7.61. The van der Waals surface area contributed by atoms with Gasteiger partial charge in [-0.2, -0.15) is 0 Å². The third-order valence-corrected chi connectivity index (χ3v) is 5.74. The van der Waals surface area contributed by atoms with E-state index in [9.17, 15) is 0 Å². The van der Waals surface area contributed by atoms with Crippen molar-refractivity contribution in [3.8, 4) is 0 Å². The molecule has 1 saturated carbocycles. The van der Waals surface area contributed by atoms with Crippen LogP contribution in [0, 0.1) is 5.41 Å². The highest BCUT2D eigenvalue weighted by molar-refractivity contribution is 9.10. The third-order valence-electron chi connectivity index (χ3n) is 3.68. The molecule has 1 nitrogen and oxygen atoms in total. The molecular formula is C13H20BrNS. The minimum absolute atomic E-state index is 0.465. The number of thiophene rings is 1. The normalized spacial score (nSPS) is 21.2. The van der Waals surface area contributed by atoms with Crippen molar-refractivity contribution in [1.29, 1.82) is 0 Å². The molecule has 1 atom stereocenters. The maximum Gasteiger partial charge on any atom is 0.0397 e. The first-order valence-corrected chi connectivity index (χ1v) is 7.74. The Morgan fingerprint density at radius 1 is 1.50 bits per heavy atom. The predicted octanol–water partition coefficient (Wildman–Crippen LogP) is 4.74. The molecule has 0 amide bonds. The molecule has 0 spiro atoms. The van der Waals surface area contributed by atoms with Crippen LogP contribution >= 0.6 is 27.3 Å². The fourth-order valence-corrected chi connectivity index (χ4v) is 4.26. The second-order valence-corrected chi connectivity index (χ2v) is 7.06. The molecule has 90 valence electrons. The number of halogens is 1. The van der Waals surface area contributed by atoms with E-state index in [-0.39, 0.29) is 0 Å². The van der Waals surface area contributed by atoms with Crippen molar-refractivity contribution in [1.82, 2.24) is 5.32 Å². The molecular weight excluding hydrogens is 282 g/mol. The second kappa shape index (κ2) is 5.19. The molecule has 0 aliphatic heterocycles. The molecule has 16 heavy (non-hydrogen) atoms. The van der Waals surface area contributed by atoms with E-state index in [0.29, 0.717) is 11.5 Å². The summed E-state index contributed by atoms with van der Waals surface area (Å²) < 4.78 is 1.24. The summed E-state index contributed by atoms with van der Waals surface area (Å²) in [5.74, 6) is 0. The molecule has 1 aliphatic carbocycles. The molecule has 1 aromatic rings. The van der Waals surface area contributed by atoms with Crippen molar-refractivity contribution >= 4 is 27.3 Å². The molecule has 1 fully saturated rings. The van der Waals surface area contributed by atoms with Crippen LogP contribution in [0.1, 0.15) is 50.4 Å². The summed E-state index contributed by atoms with van der Waals surface area (Å²) in [6.07, 6.45) is 5.60. The number of hydrogen-bond acceptors (Lipinski definition) is 2. The van der Waals surface area contributed by atoms with E-state index >= 15 is 0 Å². The Morgan fingerprint density at radius 3 is 2.75 bits per heavy atom. The van der Waals surface area contributed by atoms with Gasteiger partial charge in [-0.25, -0.2) is 0 Å². The summed E-state index contributed by atoms with van der Waals surface area (Å²) >= 11 is 5.43. The summed E-state index contributed by atoms with van der Waals surface area (Å²) in [5.41, 5.74) is 0.540. The van der Waals surface area contributed by atoms with E-state index < -0.39 is 0 Å². The Labute approximate surface area is 111 Å². The first-order valence-electron chi connectivity index (χ1n) is 6.07. The fourth-order valence-electron chi connectivity index (χ4n) is 2.51. The maximum absolute atomic E-state index is 3.69. The largest absolute Gasteiger partial charge is 0.309 e. The average molecular weight is 302 g/mol. The predicted molar refractivity (Wildman–Crippen MR) is 75.0 cm³/mol. The van der Waals surface area contributed by atoms with Gasteiger partial charge in [-0.05, 0) is 52.6 Å². The van der Waals surface area contributed by atoms with Crippen LogP contribution in [0.5, 0.6) is 0 Å². The number of nitrogens with one attached hydrogen (secondary N) is 1. The Hall–Kier alpha value is 0.140. The smallest absolute Gasteiger partial charge is 0.0397 e. The van der Waals surface area contributed by atoms with Gasteiger partial charge in [0.1, 0.15) is 0 Å². The van der Waals surface area contributed by atoms with Crippen LogP contribution in [-0.2, 0) is 0 Å². The van der Waals surface area contributed by atoms with Crippen molar-refractivity contribution in [3.05, 3.63) is 20.8 Å². The van der Waals surface area contributed by atoms with Crippen molar-refractivity contribution in [2.75, 3.05) is 6.54 Å². The van der Waals surface area contributed by atoms with Gasteiger partial charge < -0.3 is 5.32 Å². The molecule has 0 saturated heterocycles. The van der Waals surface area contributed by atoms with Crippen LogP contribution in [0.3, 0.4) is 0 Å². The Kier molecular flexibility index (Phi) is 4.09. The van der Waals surface area contributed by atoms with Crippen molar-refractivity contribution in [3.63, 3.8) is 0 Å². The lowest BCUT2D eigenvalue weighted by Crippen LogP contribution is -2.31. The van der Waals surface area contributed by atoms with Crippen LogP contribution < -0.4 is 5.32 Å².